The highest BCUT2D eigenvalue weighted by molar-refractivity contribution is 6.05. The fourth-order valence-corrected chi connectivity index (χ4v) is 6.26. The number of fused-ring (bicyclic) bond motifs is 2. The van der Waals surface area contributed by atoms with Crippen molar-refractivity contribution in [2.45, 2.75) is 51.4 Å². The molecule has 8 nitrogen and oxygen atoms in total. The zero-order chi connectivity index (χ0) is 30.2. The van der Waals surface area contributed by atoms with Crippen LogP contribution >= 0.6 is 0 Å². The molecular formula is C35H33FN4O4. The Hall–Kier alpha value is -4.52. The highest BCUT2D eigenvalue weighted by atomic mass is 19.1. The third-order valence-electron chi connectivity index (χ3n) is 8.54. The Bertz CT molecular complexity index is 1880. The first-order valence-electron chi connectivity index (χ1n) is 15.0. The number of terminal acetylenes is 1. The van der Waals surface area contributed by atoms with E-state index in [4.69, 9.17) is 30.4 Å². The van der Waals surface area contributed by atoms with Crippen LogP contribution in [-0.4, -0.2) is 52.8 Å². The minimum atomic E-state index is -0.314. The smallest absolute Gasteiger partial charge is 0.320 e. The van der Waals surface area contributed by atoms with Crippen LogP contribution in [0.2, 0.25) is 0 Å². The third kappa shape index (κ3) is 5.14. The standard InChI is InChI=1S/C35H33FN4O4/c1-4-22-10-12-23(13-11-22)26-16-24(17-29-33(26)34(41-3)39-35(38-29)44-20-25-8-7-15-42-25)32-21(2)28(36)18-30-27(32)19-37-40(30)31-9-5-6-14-43-31/h1,10-13,16-19,25,31H,5-9,14-15,20H2,2-3H3/t25-,31?/m0/s1. The van der Waals surface area contributed by atoms with E-state index in [1.54, 1.807) is 26.3 Å². The van der Waals surface area contributed by atoms with Crippen molar-refractivity contribution in [3.05, 3.63) is 65.6 Å². The maximum atomic E-state index is 15.7. The van der Waals surface area contributed by atoms with Crippen molar-refractivity contribution in [2.75, 3.05) is 26.9 Å². The van der Waals surface area contributed by atoms with Crippen molar-refractivity contribution in [3.8, 4) is 46.5 Å². The second-order valence-corrected chi connectivity index (χ2v) is 11.3. The summed E-state index contributed by atoms with van der Waals surface area (Å²) in [5.41, 5.74) is 5.82. The van der Waals surface area contributed by atoms with Crippen molar-refractivity contribution < 1.29 is 23.3 Å². The van der Waals surface area contributed by atoms with Gasteiger partial charge < -0.3 is 18.9 Å². The van der Waals surface area contributed by atoms with E-state index in [9.17, 15) is 0 Å². The van der Waals surface area contributed by atoms with Gasteiger partial charge in [-0.15, -0.1) is 6.42 Å². The highest BCUT2D eigenvalue weighted by Gasteiger charge is 2.24. The molecule has 0 amide bonds. The Morgan fingerprint density at radius 2 is 1.86 bits per heavy atom. The van der Waals surface area contributed by atoms with Gasteiger partial charge in [-0.2, -0.15) is 15.1 Å². The number of aromatic nitrogens is 4. The lowest BCUT2D eigenvalue weighted by Crippen LogP contribution is -2.19. The lowest BCUT2D eigenvalue weighted by atomic mass is 9.91. The molecule has 4 heterocycles. The first kappa shape index (κ1) is 28.3. The summed E-state index contributed by atoms with van der Waals surface area (Å²) in [4.78, 5) is 9.43. The molecule has 224 valence electrons. The van der Waals surface area contributed by atoms with Crippen molar-refractivity contribution in [1.82, 2.24) is 19.7 Å². The molecule has 2 atom stereocenters. The molecule has 2 saturated heterocycles. The normalized spacial score (nSPS) is 18.5. The van der Waals surface area contributed by atoms with Gasteiger partial charge in [-0.05, 0) is 91.1 Å². The molecule has 7 rings (SSSR count). The molecule has 0 bridgehead atoms. The zero-order valence-electron chi connectivity index (χ0n) is 24.8. The van der Waals surface area contributed by atoms with Crippen LogP contribution in [0.5, 0.6) is 11.9 Å². The Morgan fingerprint density at radius 3 is 2.59 bits per heavy atom. The SMILES string of the molecule is C#Cc1ccc(-c2cc(-c3c(C)c(F)cc4c3cnn4C3CCCCO3)cc3nc(OC[C@@H]4CCCO4)nc(OC)c23)cc1. The molecule has 5 aromatic rings. The number of ether oxygens (including phenoxy) is 4. The number of hydrogen-bond donors (Lipinski definition) is 0. The van der Waals surface area contributed by atoms with E-state index in [0.717, 1.165) is 71.9 Å². The van der Waals surface area contributed by atoms with E-state index in [2.05, 4.69) is 16.0 Å². The Labute approximate surface area is 255 Å². The van der Waals surface area contributed by atoms with Gasteiger partial charge in [0.1, 0.15) is 12.4 Å². The van der Waals surface area contributed by atoms with Crippen LogP contribution in [0.4, 0.5) is 4.39 Å². The van der Waals surface area contributed by atoms with Gasteiger partial charge in [0.15, 0.2) is 6.23 Å². The number of hydrogen-bond acceptors (Lipinski definition) is 7. The van der Waals surface area contributed by atoms with Gasteiger partial charge in [0.2, 0.25) is 5.88 Å². The van der Waals surface area contributed by atoms with Gasteiger partial charge in [-0.25, -0.2) is 9.07 Å². The third-order valence-corrected chi connectivity index (χ3v) is 8.54. The monoisotopic (exact) mass is 592 g/mol. The second-order valence-electron chi connectivity index (χ2n) is 11.3. The van der Waals surface area contributed by atoms with E-state index >= 15 is 4.39 Å². The maximum absolute atomic E-state index is 15.7. The molecule has 3 aromatic carbocycles. The number of halogens is 1. The predicted octanol–water partition coefficient (Wildman–Crippen LogP) is 7.01. The molecule has 9 heteroatoms. The molecular weight excluding hydrogens is 559 g/mol. The average molecular weight is 593 g/mol. The van der Waals surface area contributed by atoms with E-state index in [1.165, 1.54) is 0 Å². The molecule has 0 aliphatic carbocycles. The van der Waals surface area contributed by atoms with Crippen LogP contribution in [-0.2, 0) is 9.47 Å². The van der Waals surface area contributed by atoms with E-state index in [-0.39, 0.29) is 24.2 Å². The van der Waals surface area contributed by atoms with Crippen LogP contribution in [0.15, 0.2) is 48.7 Å². The number of methoxy groups -OCH3 is 1. The summed E-state index contributed by atoms with van der Waals surface area (Å²) in [5.74, 6) is 2.74. The average Bonchev–Trinajstić information content (AvgIpc) is 3.74. The minimum Gasteiger partial charge on any atom is -0.480 e. The van der Waals surface area contributed by atoms with Crippen molar-refractivity contribution >= 4 is 21.8 Å². The van der Waals surface area contributed by atoms with E-state index in [1.807, 2.05) is 41.1 Å². The van der Waals surface area contributed by atoms with Gasteiger partial charge >= 0.3 is 6.01 Å². The molecule has 44 heavy (non-hydrogen) atoms. The Kier molecular flexibility index (Phi) is 7.62. The fourth-order valence-electron chi connectivity index (χ4n) is 6.26. The zero-order valence-corrected chi connectivity index (χ0v) is 24.8. The van der Waals surface area contributed by atoms with Crippen LogP contribution in [0.3, 0.4) is 0 Å². The molecule has 0 N–H and O–H groups in total. The summed E-state index contributed by atoms with van der Waals surface area (Å²) >= 11 is 0. The number of benzene rings is 3. The lowest BCUT2D eigenvalue weighted by Gasteiger charge is -2.23. The van der Waals surface area contributed by atoms with Crippen LogP contribution in [0.25, 0.3) is 44.1 Å². The molecule has 2 aliphatic heterocycles. The number of nitrogens with zero attached hydrogens (tertiary/aromatic N) is 4. The lowest BCUT2D eigenvalue weighted by molar-refractivity contribution is -0.0366. The molecule has 2 aromatic heterocycles. The number of rotatable bonds is 7. The molecule has 0 radical (unpaired) electrons. The van der Waals surface area contributed by atoms with Gasteiger partial charge in [-0.3, -0.25) is 0 Å². The predicted molar refractivity (Wildman–Crippen MR) is 166 cm³/mol. The largest absolute Gasteiger partial charge is 0.480 e. The molecule has 0 saturated carbocycles. The van der Waals surface area contributed by atoms with Crippen molar-refractivity contribution in [2.24, 2.45) is 0 Å². The molecule has 2 fully saturated rings. The minimum absolute atomic E-state index is 0.00441. The topological polar surface area (TPSA) is 80.5 Å². The van der Waals surface area contributed by atoms with Crippen LogP contribution in [0, 0.1) is 25.1 Å². The second kappa shape index (κ2) is 11.9. The highest BCUT2D eigenvalue weighted by Crippen LogP contribution is 2.42. The Morgan fingerprint density at radius 1 is 1.02 bits per heavy atom. The van der Waals surface area contributed by atoms with Crippen molar-refractivity contribution in [1.29, 1.82) is 0 Å². The molecule has 0 spiro atoms. The van der Waals surface area contributed by atoms with Gasteiger partial charge in [0.05, 0.1) is 35.8 Å². The summed E-state index contributed by atoms with van der Waals surface area (Å²) in [6.07, 6.45) is 12.1. The summed E-state index contributed by atoms with van der Waals surface area (Å²) in [6.45, 7) is 3.53. The van der Waals surface area contributed by atoms with Crippen LogP contribution < -0.4 is 9.47 Å². The molecule has 1 unspecified atom stereocenters. The quantitative estimate of drug-likeness (QED) is 0.188. The summed E-state index contributed by atoms with van der Waals surface area (Å²) in [6, 6.07) is 13.4. The van der Waals surface area contributed by atoms with Gasteiger partial charge in [0, 0.05) is 30.2 Å². The van der Waals surface area contributed by atoms with E-state index in [0.29, 0.717) is 41.1 Å². The van der Waals surface area contributed by atoms with E-state index < -0.39 is 0 Å². The fraction of sp³-hybridized carbons (Fsp3) is 0.343. The first-order chi connectivity index (χ1) is 21.5. The van der Waals surface area contributed by atoms with Gasteiger partial charge in [0.25, 0.3) is 0 Å². The first-order valence-corrected chi connectivity index (χ1v) is 15.0. The van der Waals surface area contributed by atoms with Crippen molar-refractivity contribution in [3.63, 3.8) is 0 Å². The summed E-state index contributed by atoms with van der Waals surface area (Å²) in [5, 5.41) is 6.23. The van der Waals surface area contributed by atoms with Crippen LogP contribution in [0.1, 0.15) is 49.5 Å². The Balaban J connectivity index is 1.44. The van der Waals surface area contributed by atoms with Gasteiger partial charge in [-0.1, -0.05) is 18.1 Å². The maximum Gasteiger partial charge on any atom is 0.320 e. The summed E-state index contributed by atoms with van der Waals surface area (Å²) in [7, 11) is 1.58. The summed E-state index contributed by atoms with van der Waals surface area (Å²) < 4.78 is 41.0. The molecule has 2 aliphatic rings.